The highest BCUT2D eigenvalue weighted by Gasteiger charge is 2.64. The van der Waals surface area contributed by atoms with Crippen molar-refractivity contribution >= 4 is 66.4 Å². The Morgan fingerprint density at radius 3 is 1.64 bits per heavy atom. The van der Waals surface area contributed by atoms with Gasteiger partial charge in [0.05, 0.1) is 28.7 Å². The molecule has 1 fully saturated rings. The lowest BCUT2D eigenvalue weighted by Gasteiger charge is -2.56. The van der Waals surface area contributed by atoms with E-state index < -0.39 is 0 Å². The van der Waals surface area contributed by atoms with E-state index in [-0.39, 0.29) is 16.2 Å². The standard InChI is InChI=1S/C74H68N5O/c1-48-37-70(75-45-64(48)50-22-18-24-54(39-50)76-65-31-14-11-27-60(65)61-28-12-15-32-66(61)76)77-67-33-16-13-29-62(67)63-36-35-58(44-68(63)77)80-57-26-19-25-55(43-57)78-46-79(47-78,56-41-52(73(5,6)7)40-53(42-56)74(8,9)10)71-59(30-20-34-69(71)78)49-21-17-23-51(38-49)72(2,3)4/h11-46H,47H2,1-10H3/q+1/t78-,79+/m1/s1. The predicted octanol–water partition coefficient (Wildman–Crippen LogP) is 20.0. The van der Waals surface area contributed by atoms with E-state index in [1.165, 1.54) is 77.8 Å². The van der Waals surface area contributed by atoms with Gasteiger partial charge >= 0.3 is 0 Å². The molecule has 3 aliphatic rings. The normalized spacial score (nSPS) is 17.1. The Bertz CT molecular complexity index is 4400. The Hall–Kier alpha value is -8.55. The van der Waals surface area contributed by atoms with E-state index in [1.807, 2.05) is 6.20 Å². The van der Waals surface area contributed by atoms with Crippen molar-refractivity contribution < 1.29 is 4.74 Å². The molecule has 394 valence electrons. The van der Waals surface area contributed by atoms with Gasteiger partial charge in [0.15, 0.2) is 18.0 Å². The highest BCUT2D eigenvalue weighted by atomic mass is 16.5. The van der Waals surface area contributed by atoms with E-state index in [0.717, 1.165) is 62.8 Å². The van der Waals surface area contributed by atoms with Crippen molar-refractivity contribution in [1.29, 1.82) is 0 Å². The maximum atomic E-state index is 7.01. The SMILES string of the molecule is Cc1cc(-n2c3ccccc3c3ccc(Oc4cccc([N@@+]56[CH-][N@@+](c7cc(C(C)(C)C)cc(C(C)(C)C)c7)(C5)c5c(-c7cccc(C(C)(C)C)c7)cccc56)c4)cc32)ncc1-c1cccc(-n2c3ccccc3c3ccccc32)c1. The number of aromatic nitrogens is 3. The Kier molecular flexibility index (Phi) is 11.0. The van der Waals surface area contributed by atoms with E-state index in [1.54, 1.807) is 0 Å². The summed E-state index contributed by atoms with van der Waals surface area (Å²) >= 11 is 0. The lowest BCUT2D eigenvalue weighted by Crippen LogP contribution is -2.67. The summed E-state index contributed by atoms with van der Waals surface area (Å²) in [6.07, 6.45) is 2.04. The quantitative estimate of drug-likeness (QED) is 0.112. The van der Waals surface area contributed by atoms with Crippen LogP contribution in [0.25, 0.3) is 77.4 Å². The molecule has 0 N–H and O–H groups in total. The zero-order chi connectivity index (χ0) is 55.1. The van der Waals surface area contributed by atoms with Gasteiger partial charge in [-0.15, -0.1) is 0 Å². The second-order valence-electron chi connectivity index (χ2n) is 25.7. The van der Waals surface area contributed by atoms with Crippen LogP contribution in [-0.4, -0.2) is 20.8 Å². The van der Waals surface area contributed by atoms with Crippen molar-refractivity contribution in [2.45, 2.75) is 85.5 Å². The molecule has 9 aromatic carbocycles. The van der Waals surface area contributed by atoms with Crippen molar-refractivity contribution in [3.63, 3.8) is 0 Å². The molecule has 2 bridgehead atoms. The van der Waals surface area contributed by atoms with Crippen molar-refractivity contribution in [1.82, 2.24) is 23.1 Å². The van der Waals surface area contributed by atoms with Gasteiger partial charge in [0.25, 0.3) is 0 Å². The van der Waals surface area contributed by atoms with Crippen molar-refractivity contribution in [2.24, 2.45) is 0 Å². The van der Waals surface area contributed by atoms with Crippen LogP contribution in [0.4, 0.5) is 22.7 Å². The van der Waals surface area contributed by atoms with Crippen LogP contribution in [-0.2, 0) is 16.2 Å². The van der Waals surface area contributed by atoms with E-state index in [0.29, 0.717) is 8.97 Å². The Labute approximate surface area is 470 Å². The zero-order valence-electron chi connectivity index (χ0n) is 47.6. The van der Waals surface area contributed by atoms with E-state index in [4.69, 9.17) is 9.72 Å². The van der Waals surface area contributed by atoms with E-state index in [2.05, 4.69) is 291 Å². The monoisotopic (exact) mass is 1040 g/mol. The smallest absolute Gasteiger partial charge is 0.188 e. The van der Waals surface area contributed by atoms with Gasteiger partial charge in [0, 0.05) is 74.9 Å². The number of para-hydroxylation sites is 4. The van der Waals surface area contributed by atoms with Crippen LogP contribution in [0.15, 0.2) is 212 Å². The van der Waals surface area contributed by atoms with Gasteiger partial charge in [-0.1, -0.05) is 172 Å². The molecule has 2 atom stereocenters. The molecule has 0 radical (unpaired) electrons. The highest BCUT2D eigenvalue weighted by molar-refractivity contribution is 6.10. The maximum Gasteiger partial charge on any atom is 0.188 e. The molecule has 0 saturated carbocycles. The number of pyridine rings is 1. The fourth-order valence-corrected chi connectivity index (χ4v) is 13.0. The minimum Gasteiger partial charge on any atom is -0.457 e. The first kappa shape index (κ1) is 49.7. The average Bonchev–Trinajstić information content (AvgIpc) is 4.35. The first-order valence-electron chi connectivity index (χ1n) is 28.3. The highest BCUT2D eigenvalue weighted by Crippen LogP contribution is 2.68. The van der Waals surface area contributed by atoms with E-state index in [9.17, 15) is 0 Å². The van der Waals surface area contributed by atoms with Crippen LogP contribution >= 0.6 is 0 Å². The molecule has 1 saturated heterocycles. The van der Waals surface area contributed by atoms with Gasteiger partial charge in [0.1, 0.15) is 28.7 Å². The number of quaternary nitrogens is 2. The summed E-state index contributed by atoms with van der Waals surface area (Å²) in [6.45, 7) is 26.6. The lowest BCUT2D eigenvalue weighted by atomic mass is 9.80. The van der Waals surface area contributed by atoms with Gasteiger partial charge in [-0.25, -0.2) is 4.98 Å². The third kappa shape index (κ3) is 7.78. The minimum atomic E-state index is -0.0265. The predicted molar refractivity (Wildman–Crippen MR) is 336 cm³/mol. The maximum absolute atomic E-state index is 7.01. The largest absolute Gasteiger partial charge is 0.457 e. The summed E-state index contributed by atoms with van der Waals surface area (Å²) < 4.78 is 13.0. The summed E-state index contributed by atoms with van der Waals surface area (Å²) in [6, 6.07) is 76.0. The summed E-state index contributed by atoms with van der Waals surface area (Å²) in [5, 5.41) is 4.82. The summed E-state index contributed by atoms with van der Waals surface area (Å²) in [4.78, 5) is 5.26. The molecular weight excluding hydrogens is 975 g/mol. The average molecular weight is 1040 g/mol. The third-order valence-electron chi connectivity index (χ3n) is 17.3. The van der Waals surface area contributed by atoms with Crippen LogP contribution in [0, 0.1) is 13.6 Å². The summed E-state index contributed by atoms with van der Waals surface area (Å²) in [5.41, 5.74) is 20.7. The fourth-order valence-electron chi connectivity index (χ4n) is 13.0. The molecule has 6 heteroatoms. The zero-order valence-corrected chi connectivity index (χ0v) is 47.6. The molecule has 3 aliphatic heterocycles. The van der Waals surface area contributed by atoms with Gasteiger partial charge in [0.2, 0.25) is 0 Å². The second-order valence-corrected chi connectivity index (χ2v) is 25.7. The number of nitrogens with zero attached hydrogens (tertiary/aromatic N) is 5. The molecule has 3 aromatic heterocycles. The lowest BCUT2D eigenvalue weighted by molar-refractivity contribution is 0.187. The van der Waals surface area contributed by atoms with Crippen LogP contribution in [0.1, 0.15) is 84.6 Å². The Morgan fingerprint density at radius 1 is 0.438 bits per heavy atom. The molecule has 0 amide bonds. The van der Waals surface area contributed by atoms with Crippen molar-refractivity contribution in [3.8, 4) is 45.3 Å². The fraction of sp³-hybridized carbons (Fsp3) is 0.189. The number of hydrogen-bond donors (Lipinski definition) is 0. The van der Waals surface area contributed by atoms with Crippen molar-refractivity contribution in [2.75, 3.05) is 6.67 Å². The Morgan fingerprint density at radius 2 is 1.00 bits per heavy atom. The van der Waals surface area contributed by atoms with Gasteiger partial charge < -0.3 is 9.30 Å². The third-order valence-corrected chi connectivity index (χ3v) is 17.3. The first-order chi connectivity index (χ1) is 38.4. The van der Waals surface area contributed by atoms with Crippen molar-refractivity contribution in [3.05, 3.63) is 241 Å². The molecule has 0 spiro atoms. The molecule has 12 aromatic rings. The number of rotatable bonds is 8. The molecule has 6 heterocycles. The number of benzene rings is 9. The molecule has 80 heavy (non-hydrogen) atoms. The van der Waals surface area contributed by atoms with Crippen LogP contribution in [0.3, 0.4) is 0 Å². The van der Waals surface area contributed by atoms with Crippen LogP contribution in [0.5, 0.6) is 11.5 Å². The number of hydrogen-bond acceptors (Lipinski definition) is 2. The van der Waals surface area contributed by atoms with Gasteiger partial charge in [-0.05, 0) is 123 Å². The molecule has 6 nitrogen and oxygen atoms in total. The topological polar surface area (TPSA) is 32.0 Å². The van der Waals surface area contributed by atoms with Gasteiger partial charge in [-0.3, -0.25) is 13.5 Å². The van der Waals surface area contributed by atoms with Gasteiger partial charge in [-0.2, -0.15) is 0 Å². The van der Waals surface area contributed by atoms with Crippen LogP contribution in [0.2, 0.25) is 0 Å². The number of fused-ring (bicyclic) bond motifs is 6. The summed E-state index contributed by atoms with van der Waals surface area (Å²) in [5.74, 6) is 2.42. The molecular formula is C74H68N5O+. The number of aryl methyl sites for hydroxylation is 1. The molecule has 15 rings (SSSR count). The Balaban J connectivity index is 0.836. The molecule has 0 aliphatic carbocycles. The number of ether oxygens (including phenoxy) is 1. The van der Waals surface area contributed by atoms with Crippen LogP contribution < -0.4 is 13.7 Å². The van der Waals surface area contributed by atoms with E-state index >= 15 is 0 Å². The summed E-state index contributed by atoms with van der Waals surface area (Å²) in [7, 11) is 0. The second kappa shape index (κ2) is 17.7. The minimum absolute atomic E-state index is 0.0166. The molecule has 0 unspecified atom stereocenters. The first-order valence-corrected chi connectivity index (χ1v) is 28.3.